The summed E-state index contributed by atoms with van der Waals surface area (Å²) in [7, 11) is 0. The fourth-order valence-corrected chi connectivity index (χ4v) is 4.73. The van der Waals surface area contributed by atoms with Gasteiger partial charge in [0.05, 0.1) is 27.0 Å². The summed E-state index contributed by atoms with van der Waals surface area (Å²) in [5.41, 5.74) is 1.93. The van der Waals surface area contributed by atoms with Crippen LogP contribution in [0.15, 0.2) is 12.1 Å². The maximum Gasteiger partial charge on any atom is 0.125 e. The minimum Gasteiger partial charge on any atom is -0.323 e. The average Bonchev–Trinajstić information content (AvgIpc) is 2.85. The molecule has 2 nitrogen and oxygen atoms in total. The van der Waals surface area contributed by atoms with Crippen LogP contribution in [-0.4, -0.2) is 21.1 Å². The molecule has 1 aliphatic carbocycles. The Balaban J connectivity index is 2.17. The van der Waals surface area contributed by atoms with Gasteiger partial charge in [-0.05, 0) is 31.2 Å². The lowest BCUT2D eigenvalue weighted by molar-refractivity contribution is 0.366. The summed E-state index contributed by atoms with van der Waals surface area (Å²) in [6, 6.07) is 4.20. The van der Waals surface area contributed by atoms with Gasteiger partial charge in [0.25, 0.3) is 0 Å². The molecule has 1 aromatic carbocycles. The van der Waals surface area contributed by atoms with Gasteiger partial charge in [-0.3, -0.25) is 0 Å². The van der Waals surface area contributed by atoms with Gasteiger partial charge in [-0.25, -0.2) is 4.98 Å². The second kappa shape index (κ2) is 6.57. The molecule has 0 bridgehead atoms. The Hall–Kier alpha value is -0.0900. The first-order valence-corrected chi connectivity index (χ1v) is 9.68. The first kappa shape index (κ1) is 15.8. The van der Waals surface area contributed by atoms with Crippen molar-refractivity contribution in [2.45, 2.75) is 42.9 Å². The van der Waals surface area contributed by atoms with E-state index in [-0.39, 0.29) is 0 Å². The van der Waals surface area contributed by atoms with E-state index < -0.39 is 0 Å². The molecule has 1 fully saturated rings. The summed E-state index contributed by atoms with van der Waals surface area (Å²) in [6.45, 7) is 0. The molecule has 1 saturated carbocycles. The number of benzene rings is 1. The van der Waals surface area contributed by atoms with Gasteiger partial charge in [-0.15, -0.1) is 11.6 Å². The van der Waals surface area contributed by atoms with Gasteiger partial charge in [-0.2, -0.15) is 11.8 Å². The number of nitrogens with zero attached hydrogens (tertiary/aromatic N) is 2. The van der Waals surface area contributed by atoms with Gasteiger partial charge in [0.15, 0.2) is 0 Å². The van der Waals surface area contributed by atoms with E-state index in [1.807, 2.05) is 23.9 Å². The van der Waals surface area contributed by atoms with E-state index >= 15 is 0 Å². The van der Waals surface area contributed by atoms with Crippen LogP contribution in [0, 0.1) is 0 Å². The van der Waals surface area contributed by atoms with Gasteiger partial charge in [0.1, 0.15) is 5.82 Å². The van der Waals surface area contributed by atoms with Gasteiger partial charge >= 0.3 is 0 Å². The molecule has 2 atom stereocenters. The number of hydrogen-bond donors (Lipinski definition) is 0. The fourth-order valence-electron chi connectivity index (χ4n) is 3.25. The maximum absolute atomic E-state index is 6.21. The molecular weight excluding hydrogens is 347 g/mol. The molecular formula is C15H17Cl3N2S. The van der Waals surface area contributed by atoms with Crippen molar-refractivity contribution in [2.75, 3.05) is 6.26 Å². The number of halogens is 3. The summed E-state index contributed by atoms with van der Waals surface area (Å²) < 4.78 is 2.30. The van der Waals surface area contributed by atoms with Crippen molar-refractivity contribution in [2.24, 2.45) is 0 Å². The van der Waals surface area contributed by atoms with Crippen LogP contribution in [0.1, 0.15) is 37.5 Å². The molecule has 0 aliphatic heterocycles. The van der Waals surface area contributed by atoms with Crippen molar-refractivity contribution in [1.29, 1.82) is 0 Å². The van der Waals surface area contributed by atoms with Crippen LogP contribution in [0.5, 0.6) is 0 Å². The first-order valence-electron chi connectivity index (χ1n) is 7.10. The van der Waals surface area contributed by atoms with Gasteiger partial charge in [-0.1, -0.05) is 36.0 Å². The Morgan fingerprint density at radius 1 is 1.24 bits per heavy atom. The summed E-state index contributed by atoms with van der Waals surface area (Å²) >= 11 is 20.4. The van der Waals surface area contributed by atoms with E-state index in [2.05, 4.69) is 15.8 Å². The van der Waals surface area contributed by atoms with Gasteiger partial charge in [0.2, 0.25) is 0 Å². The zero-order valence-electron chi connectivity index (χ0n) is 11.8. The summed E-state index contributed by atoms with van der Waals surface area (Å²) in [4.78, 5) is 4.66. The molecule has 2 unspecified atom stereocenters. The van der Waals surface area contributed by atoms with Crippen LogP contribution in [-0.2, 0) is 5.88 Å². The van der Waals surface area contributed by atoms with Crippen LogP contribution in [0.25, 0.3) is 11.0 Å². The Morgan fingerprint density at radius 2 is 1.95 bits per heavy atom. The zero-order valence-corrected chi connectivity index (χ0v) is 14.9. The Labute approximate surface area is 144 Å². The summed E-state index contributed by atoms with van der Waals surface area (Å²) in [5, 5.41) is 1.72. The topological polar surface area (TPSA) is 17.8 Å². The molecule has 0 radical (unpaired) electrons. The second-order valence-electron chi connectivity index (χ2n) is 5.41. The predicted molar refractivity (Wildman–Crippen MR) is 94.1 cm³/mol. The SMILES string of the molecule is CSC1CCCCC1n1c(CCl)nc2cc(Cl)c(Cl)cc21. The van der Waals surface area contributed by atoms with Crippen LogP contribution < -0.4 is 0 Å². The Kier molecular flexibility index (Phi) is 4.94. The van der Waals surface area contributed by atoms with Crippen molar-refractivity contribution in [3.8, 4) is 0 Å². The maximum atomic E-state index is 6.21. The normalized spacial score (nSPS) is 22.9. The number of fused-ring (bicyclic) bond motifs is 1. The van der Waals surface area contributed by atoms with Crippen LogP contribution in [0.4, 0.5) is 0 Å². The van der Waals surface area contributed by atoms with Crippen molar-refractivity contribution < 1.29 is 0 Å². The predicted octanol–water partition coefficient (Wildman–Crippen LogP) is 5.93. The van der Waals surface area contributed by atoms with E-state index in [0.717, 1.165) is 16.9 Å². The highest BCUT2D eigenvalue weighted by atomic mass is 35.5. The smallest absolute Gasteiger partial charge is 0.125 e. The molecule has 21 heavy (non-hydrogen) atoms. The highest BCUT2D eigenvalue weighted by Gasteiger charge is 2.29. The molecule has 3 rings (SSSR count). The minimum atomic E-state index is 0.404. The van der Waals surface area contributed by atoms with E-state index in [9.17, 15) is 0 Å². The van der Waals surface area contributed by atoms with Crippen molar-refractivity contribution in [3.63, 3.8) is 0 Å². The van der Waals surface area contributed by atoms with E-state index in [1.54, 1.807) is 0 Å². The number of alkyl halides is 1. The number of hydrogen-bond acceptors (Lipinski definition) is 2. The highest BCUT2D eigenvalue weighted by Crippen LogP contribution is 2.39. The summed E-state index contributed by atoms with van der Waals surface area (Å²) in [6.07, 6.45) is 7.16. The molecule has 2 aromatic rings. The van der Waals surface area contributed by atoms with E-state index in [1.165, 1.54) is 25.7 Å². The van der Waals surface area contributed by atoms with Gasteiger partial charge in [0, 0.05) is 11.3 Å². The quantitative estimate of drug-likeness (QED) is 0.629. The molecule has 1 heterocycles. The van der Waals surface area contributed by atoms with Crippen LogP contribution in [0.3, 0.4) is 0 Å². The highest BCUT2D eigenvalue weighted by molar-refractivity contribution is 7.99. The second-order valence-corrected chi connectivity index (χ2v) is 7.57. The third-order valence-corrected chi connectivity index (χ3v) is 6.34. The molecule has 0 N–H and O–H groups in total. The first-order chi connectivity index (χ1) is 10.2. The zero-order chi connectivity index (χ0) is 15.0. The number of aromatic nitrogens is 2. The lowest BCUT2D eigenvalue weighted by Gasteiger charge is -2.32. The third kappa shape index (κ3) is 2.90. The molecule has 6 heteroatoms. The van der Waals surface area contributed by atoms with E-state index in [4.69, 9.17) is 34.8 Å². The Bertz CT molecular complexity index is 656. The molecule has 1 aromatic heterocycles. The van der Waals surface area contributed by atoms with Crippen LogP contribution >= 0.6 is 46.6 Å². The molecule has 0 spiro atoms. The standard InChI is InChI=1S/C15H17Cl3N2S/c1-21-14-5-3-2-4-12(14)20-13-7-10(18)9(17)6-11(13)19-15(20)8-16/h6-7,12,14H,2-5,8H2,1H3. The lowest BCUT2D eigenvalue weighted by Crippen LogP contribution is -2.26. The molecule has 114 valence electrons. The third-order valence-electron chi connectivity index (χ3n) is 4.23. The number of rotatable bonds is 3. The average molecular weight is 364 g/mol. The van der Waals surface area contributed by atoms with Crippen molar-refractivity contribution >= 4 is 57.6 Å². The van der Waals surface area contributed by atoms with Crippen molar-refractivity contribution in [3.05, 3.63) is 28.0 Å². The number of imidazole rings is 1. The molecule has 0 amide bonds. The number of thioether (sulfide) groups is 1. The summed E-state index contributed by atoms with van der Waals surface area (Å²) in [5.74, 6) is 1.32. The monoisotopic (exact) mass is 362 g/mol. The minimum absolute atomic E-state index is 0.404. The lowest BCUT2D eigenvalue weighted by atomic mass is 9.94. The van der Waals surface area contributed by atoms with Crippen LogP contribution in [0.2, 0.25) is 10.0 Å². The van der Waals surface area contributed by atoms with Crippen molar-refractivity contribution in [1.82, 2.24) is 9.55 Å². The largest absolute Gasteiger partial charge is 0.323 e. The fraction of sp³-hybridized carbons (Fsp3) is 0.533. The van der Waals surface area contributed by atoms with Gasteiger partial charge < -0.3 is 4.57 Å². The Morgan fingerprint density at radius 3 is 2.67 bits per heavy atom. The molecule has 0 saturated heterocycles. The van der Waals surface area contributed by atoms with E-state index in [0.29, 0.717) is 27.2 Å². The molecule has 1 aliphatic rings.